The monoisotopic (exact) mass is 531 g/mol. The number of carbonyl (C=O) groups excluding carboxylic acids is 2. The van der Waals surface area contributed by atoms with Crippen molar-refractivity contribution in [1.29, 1.82) is 0 Å². The average Bonchev–Trinajstić information content (AvgIpc) is 3.23. The van der Waals surface area contributed by atoms with E-state index in [0.717, 1.165) is 23.0 Å². The number of nitrogens with zero attached hydrogens (tertiary/aromatic N) is 1. The Morgan fingerprint density at radius 1 is 0.744 bits per heavy atom. The molecule has 4 atom stereocenters. The predicted molar refractivity (Wildman–Crippen MR) is 148 cm³/mol. The van der Waals surface area contributed by atoms with Gasteiger partial charge >= 0.3 is 6.09 Å². The van der Waals surface area contributed by atoms with Gasteiger partial charge in [0.1, 0.15) is 30.1 Å². The van der Waals surface area contributed by atoms with Crippen LogP contribution in [0.15, 0.2) is 91.0 Å². The maximum absolute atomic E-state index is 13.5. The minimum absolute atomic E-state index is 0.142. The van der Waals surface area contributed by atoms with Gasteiger partial charge in [-0.05, 0) is 37.5 Å². The summed E-state index contributed by atoms with van der Waals surface area (Å²) in [4.78, 5) is 27.5. The van der Waals surface area contributed by atoms with Crippen molar-refractivity contribution in [2.75, 3.05) is 6.61 Å². The summed E-state index contributed by atoms with van der Waals surface area (Å²) < 4.78 is 24.6. The van der Waals surface area contributed by atoms with Crippen molar-refractivity contribution < 1.29 is 28.5 Å². The van der Waals surface area contributed by atoms with E-state index in [4.69, 9.17) is 18.9 Å². The van der Waals surface area contributed by atoms with Gasteiger partial charge < -0.3 is 23.7 Å². The Labute approximate surface area is 230 Å². The first-order valence-electron chi connectivity index (χ1n) is 13.2. The van der Waals surface area contributed by atoms with Crippen LogP contribution in [0.4, 0.5) is 4.79 Å². The zero-order chi connectivity index (χ0) is 27.7. The molecule has 4 rings (SSSR count). The summed E-state index contributed by atoms with van der Waals surface area (Å²) in [7, 11) is 0. The van der Waals surface area contributed by atoms with E-state index in [9.17, 15) is 9.59 Å². The van der Waals surface area contributed by atoms with Crippen molar-refractivity contribution in [3.05, 3.63) is 108 Å². The third kappa shape index (κ3) is 7.99. The van der Waals surface area contributed by atoms with E-state index in [0.29, 0.717) is 13.2 Å². The molecule has 1 aliphatic heterocycles. The number of hydrogen-bond donors (Lipinski definition) is 0. The number of aldehydes is 1. The van der Waals surface area contributed by atoms with Crippen molar-refractivity contribution in [3.63, 3.8) is 0 Å². The van der Waals surface area contributed by atoms with Crippen LogP contribution in [0.1, 0.15) is 37.5 Å². The van der Waals surface area contributed by atoms with Gasteiger partial charge in [0.15, 0.2) is 0 Å². The van der Waals surface area contributed by atoms with Crippen LogP contribution >= 0.6 is 0 Å². The van der Waals surface area contributed by atoms with E-state index in [2.05, 4.69) is 0 Å². The van der Waals surface area contributed by atoms with Gasteiger partial charge in [0.2, 0.25) is 0 Å². The normalized spacial score (nSPS) is 21.1. The molecule has 39 heavy (non-hydrogen) atoms. The molecule has 3 aromatic rings. The minimum atomic E-state index is -0.908. The molecule has 206 valence electrons. The molecule has 0 unspecified atom stereocenters. The van der Waals surface area contributed by atoms with Gasteiger partial charge in [-0.25, -0.2) is 4.79 Å². The van der Waals surface area contributed by atoms with E-state index < -0.39 is 36.0 Å². The Morgan fingerprint density at radius 3 is 1.67 bits per heavy atom. The second kappa shape index (κ2) is 13.5. The molecule has 3 aromatic carbocycles. The Morgan fingerprint density at radius 2 is 1.21 bits per heavy atom. The smallest absolute Gasteiger partial charge is 0.411 e. The standard InChI is InChI=1S/C32H37NO6/c1-32(2,3)39-31(35)33-27(19-34)29(37-21-25-15-9-5-10-16-25)30(38-22-26-17-11-6-12-18-26)28(33)23-36-20-24-13-7-4-8-14-24/h4-19,27-30H,20-23H2,1-3H3/t27-,28-,29-,30+/m1/s1. The van der Waals surface area contributed by atoms with Crippen molar-refractivity contribution >= 4 is 12.4 Å². The maximum Gasteiger partial charge on any atom is 0.411 e. The van der Waals surface area contributed by atoms with Gasteiger partial charge in [-0.1, -0.05) is 91.0 Å². The second-order valence-electron chi connectivity index (χ2n) is 10.6. The molecule has 0 N–H and O–H groups in total. The maximum atomic E-state index is 13.5. The molecule has 7 heteroatoms. The van der Waals surface area contributed by atoms with Crippen molar-refractivity contribution in [2.24, 2.45) is 0 Å². The highest BCUT2D eigenvalue weighted by Crippen LogP contribution is 2.33. The van der Waals surface area contributed by atoms with Crippen LogP contribution in [0, 0.1) is 0 Å². The topological polar surface area (TPSA) is 74.3 Å². The minimum Gasteiger partial charge on any atom is -0.444 e. The molecular weight excluding hydrogens is 494 g/mol. The SMILES string of the molecule is CC(C)(C)OC(=O)N1[C@H](C=O)[C@@H](OCc2ccccc2)[C@@H](OCc2ccccc2)[C@H]1COCc1ccccc1. The van der Waals surface area contributed by atoms with Crippen LogP contribution in [0.5, 0.6) is 0 Å². The van der Waals surface area contributed by atoms with E-state index >= 15 is 0 Å². The van der Waals surface area contributed by atoms with Gasteiger partial charge in [-0.3, -0.25) is 4.90 Å². The van der Waals surface area contributed by atoms with Crippen LogP contribution in [-0.4, -0.2) is 53.8 Å². The first kappa shape index (κ1) is 28.5. The summed E-state index contributed by atoms with van der Waals surface area (Å²) in [5.41, 5.74) is 2.19. The van der Waals surface area contributed by atoms with E-state index in [1.807, 2.05) is 91.0 Å². The van der Waals surface area contributed by atoms with Gasteiger partial charge in [0.05, 0.1) is 32.5 Å². The lowest BCUT2D eigenvalue weighted by molar-refractivity contribution is -0.119. The predicted octanol–water partition coefficient (Wildman–Crippen LogP) is 5.56. The highest BCUT2D eigenvalue weighted by molar-refractivity contribution is 5.76. The van der Waals surface area contributed by atoms with Crippen molar-refractivity contribution in [1.82, 2.24) is 4.90 Å². The number of amides is 1. The average molecular weight is 532 g/mol. The lowest BCUT2D eigenvalue weighted by Crippen LogP contribution is -2.49. The number of benzene rings is 3. The molecule has 1 heterocycles. The molecule has 0 spiro atoms. The van der Waals surface area contributed by atoms with E-state index in [-0.39, 0.29) is 13.2 Å². The molecule has 1 saturated heterocycles. The molecule has 0 aromatic heterocycles. The van der Waals surface area contributed by atoms with E-state index in [1.165, 1.54) is 4.90 Å². The van der Waals surface area contributed by atoms with Crippen LogP contribution in [0.2, 0.25) is 0 Å². The molecule has 0 aliphatic carbocycles. The summed E-state index contributed by atoms with van der Waals surface area (Å²) in [6.07, 6.45) is -1.21. The Balaban J connectivity index is 1.62. The molecule has 1 fully saturated rings. The summed E-state index contributed by atoms with van der Waals surface area (Å²) in [5, 5.41) is 0. The van der Waals surface area contributed by atoms with Gasteiger partial charge in [-0.15, -0.1) is 0 Å². The van der Waals surface area contributed by atoms with Crippen molar-refractivity contribution in [2.45, 2.75) is 70.5 Å². The molecule has 0 saturated carbocycles. The number of carbonyl (C=O) groups is 2. The van der Waals surface area contributed by atoms with Gasteiger partial charge in [0.25, 0.3) is 0 Å². The summed E-state index contributed by atoms with van der Waals surface area (Å²) in [6, 6.07) is 27.8. The first-order valence-corrected chi connectivity index (χ1v) is 13.2. The number of ether oxygens (including phenoxy) is 4. The number of hydrogen-bond acceptors (Lipinski definition) is 6. The molecular formula is C32H37NO6. The molecule has 1 amide bonds. The lowest BCUT2D eigenvalue weighted by atomic mass is 10.1. The second-order valence-corrected chi connectivity index (χ2v) is 10.6. The van der Waals surface area contributed by atoms with Crippen LogP contribution in [0.25, 0.3) is 0 Å². The van der Waals surface area contributed by atoms with Crippen LogP contribution < -0.4 is 0 Å². The summed E-state index contributed by atoms with van der Waals surface area (Å²) in [5.74, 6) is 0. The van der Waals surface area contributed by atoms with Crippen molar-refractivity contribution in [3.8, 4) is 0 Å². The number of likely N-dealkylation sites (tertiary alicyclic amines) is 1. The first-order chi connectivity index (χ1) is 18.9. The molecule has 1 aliphatic rings. The van der Waals surface area contributed by atoms with Gasteiger partial charge in [0, 0.05) is 0 Å². The van der Waals surface area contributed by atoms with Crippen LogP contribution in [0.3, 0.4) is 0 Å². The number of rotatable bonds is 11. The highest BCUT2D eigenvalue weighted by Gasteiger charge is 2.54. The molecule has 0 radical (unpaired) electrons. The quantitative estimate of drug-likeness (QED) is 0.302. The largest absolute Gasteiger partial charge is 0.444 e. The third-order valence-electron chi connectivity index (χ3n) is 6.43. The zero-order valence-corrected chi connectivity index (χ0v) is 22.8. The highest BCUT2D eigenvalue weighted by atomic mass is 16.6. The van der Waals surface area contributed by atoms with Crippen LogP contribution in [-0.2, 0) is 43.6 Å². The fourth-order valence-corrected chi connectivity index (χ4v) is 4.65. The third-order valence-corrected chi connectivity index (χ3v) is 6.43. The Kier molecular flexibility index (Phi) is 9.87. The summed E-state index contributed by atoms with van der Waals surface area (Å²) >= 11 is 0. The van der Waals surface area contributed by atoms with Gasteiger partial charge in [-0.2, -0.15) is 0 Å². The fourth-order valence-electron chi connectivity index (χ4n) is 4.65. The fraction of sp³-hybridized carbons (Fsp3) is 0.375. The molecule has 7 nitrogen and oxygen atoms in total. The Hall–Kier alpha value is -3.52. The zero-order valence-electron chi connectivity index (χ0n) is 22.8. The Bertz CT molecular complexity index is 1170. The molecule has 0 bridgehead atoms. The summed E-state index contributed by atoms with van der Waals surface area (Å²) in [6.45, 7) is 6.44. The van der Waals surface area contributed by atoms with E-state index in [1.54, 1.807) is 20.8 Å². The lowest BCUT2D eigenvalue weighted by Gasteiger charge is -2.31.